The summed E-state index contributed by atoms with van der Waals surface area (Å²) < 4.78 is 30.6. The van der Waals surface area contributed by atoms with E-state index in [0.717, 1.165) is 20.1 Å². The summed E-state index contributed by atoms with van der Waals surface area (Å²) in [6.07, 6.45) is 6.46. The van der Waals surface area contributed by atoms with Crippen molar-refractivity contribution in [3.8, 4) is 0 Å². The van der Waals surface area contributed by atoms with Crippen molar-refractivity contribution in [2.45, 2.75) is 10.5 Å². The number of halogens is 2. The van der Waals surface area contributed by atoms with Crippen LogP contribution in [0.4, 0.5) is 11.4 Å². The van der Waals surface area contributed by atoms with Gasteiger partial charge in [0, 0.05) is 33.2 Å². The quantitative estimate of drug-likeness (QED) is 0.121. The van der Waals surface area contributed by atoms with Crippen LogP contribution in [0.15, 0.2) is 118 Å². The molecule has 41 heavy (non-hydrogen) atoms. The van der Waals surface area contributed by atoms with Crippen molar-refractivity contribution in [2.24, 2.45) is 0 Å². The van der Waals surface area contributed by atoms with Crippen LogP contribution in [-0.2, 0) is 9.84 Å². The second kappa shape index (κ2) is 13.2. The highest BCUT2D eigenvalue weighted by Crippen LogP contribution is 2.38. The molecule has 208 valence electrons. The highest BCUT2D eigenvalue weighted by atomic mass is 79.9. The molecule has 0 heterocycles. The van der Waals surface area contributed by atoms with Crippen LogP contribution in [0, 0.1) is 20.2 Å². The molecule has 0 aromatic heterocycles. The average Bonchev–Trinajstić information content (AvgIpc) is 2.95. The van der Waals surface area contributed by atoms with Gasteiger partial charge in [-0.15, -0.1) is 0 Å². The van der Waals surface area contributed by atoms with Gasteiger partial charge in [0.1, 0.15) is 10.5 Å². The van der Waals surface area contributed by atoms with Gasteiger partial charge in [-0.1, -0.05) is 105 Å². The molecule has 0 radical (unpaired) electrons. The van der Waals surface area contributed by atoms with Gasteiger partial charge in [0.05, 0.1) is 9.85 Å². The Hall–Kier alpha value is -3.93. The van der Waals surface area contributed by atoms with Crippen molar-refractivity contribution in [3.63, 3.8) is 0 Å². The maximum atomic E-state index is 14.4. The van der Waals surface area contributed by atoms with Gasteiger partial charge in [0.25, 0.3) is 11.4 Å². The predicted molar refractivity (Wildman–Crippen MR) is 167 cm³/mol. The van der Waals surface area contributed by atoms with E-state index in [1.165, 1.54) is 48.5 Å². The molecule has 0 saturated carbocycles. The summed E-state index contributed by atoms with van der Waals surface area (Å²) in [6, 6.07) is 25.4. The molecule has 0 fully saturated rings. The summed E-state index contributed by atoms with van der Waals surface area (Å²) in [5.41, 5.74) is 1.87. The Bertz CT molecular complexity index is 1580. The van der Waals surface area contributed by atoms with E-state index in [-0.39, 0.29) is 11.4 Å². The van der Waals surface area contributed by atoms with Crippen LogP contribution < -0.4 is 0 Å². The van der Waals surface area contributed by atoms with E-state index in [9.17, 15) is 28.6 Å². The molecule has 2 unspecified atom stereocenters. The number of rotatable bonds is 10. The van der Waals surface area contributed by atoms with Crippen LogP contribution in [-0.4, -0.2) is 18.3 Å². The topological polar surface area (TPSA) is 120 Å². The third-order valence-corrected chi connectivity index (χ3v) is 9.57. The molecule has 4 aromatic carbocycles. The van der Waals surface area contributed by atoms with Crippen molar-refractivity contribution in [1.29, 1.82) is 0 Å². The zero-order chi connectivity index (χ0) is 29.6. The molecule has 0 N–H and O–H groups in total. The number of benzene rings is 4. The second-order valence-electron chi connectivity index (χ2n) is 8.95. The number of non-ortho nitro benzene ring substituents is 2. The van der Waals surface area contributed by atoms with Crippen LogP contribution in [0.1, 0.15) is 32.8 Å². The van der Waals surface area contributed by atoms with E-state index >= 15 is 0 Å². The monoisotopic (exact) mass is 696 g/mol. The van der Waals surface area contributed by atoms with Crippen LogP contribution >= 0.6 is 31.9 Å². The third kappa shape index (κ3) is 7.63. The molecule has 2 atom stereocenters. The van der Waals surface area contributed by atoms with Gasteiger partial charge in [-0.2, -0.15) is 0 Å². The average molecular weight is 698 g/mol. The first-order valence-electron chi connectivity index (χ1n) is 12.1. The van der Waals surface area contributed by atoms with Gasteiger partial charge in [-0.25, -0.2) is 8.42 Å². The molecule has 11 heteroatoms. The lowest BCUT2D eigenvalue weighted by Gasteiger charge is -2.21. The van der Waals surface area contributed by atoms with E-state index in [4.69, 9.17) is 0 Å². The molecule has 0 aliphatic carbocycles. The molecule has 4 aromatic rings. The highest BCUT2D eigenvalue weighted by molar-refractivity contribution is 9.10. The summed E-state index contributed by atoms with van der Waals surface area (Å²) >= 11 is 6.77. The molecule has 0 spiro atoms. The fourth-order valence-corrected chi connectivity index (χ4v) is 6.61. The Morgan fingerprint density at radius 1 is 0.561 bits per heavy atom. The van der Waals surface area contributed by atoms with Crippen molar-refractivity contribution in [1.82, 2.24) is 0 Å². The number of nitrogens with zero attached hydrogens (tertiary/aromatic N) is 2. The van der Waals surface area contributed by atoms with Crippen molar-refractivity contribution in [3.05, 3.63) is 161 Å². The van der Waals surface area contributed by atoms with E-state index in [1.807, 2.05) is 48.5 Å². The minimum Gasteiger partial charge on any atom is -0.258 e. The van der Waals surface area contributed by atoms with E-state index < -0.39 is 30.2 Å². The largest absolute Gasteiger partial charge is 0.269 e. The smallest absolute Gasteiger partial charge is 0.258 e. The fourth-order valence-electron chi connectivity index (χ4n) is 4.09. The van der Waals surface area contributed by atoms with Crippen LogP contribution in [0.2, 0.25) is 0 Å². The molecule has 0 saturated heterocycles. The molecule has 8 nitrogen and oxygen atoms in total. The molecule has 0 aliphatic rings. The van der Waals surface area contributed by atoms with Crippen LogP contribution in [0.3, 0.4) is 0 Å². The van der Waals surface area contributed by atoms with E-state index in [0.29, 0.717) is 11.1 Å². The lowest BCUT2D eigenvalue weighted by Crippen LogP contribution is -2.19. The van der Waals surface area contributed by atoms with Gasteiger partial charge in [-0.3, -0.25) is 20.2 Å². The molecule has 4 rings (SSSR count). The van der Waals surface area contributed by atoms with Crippen molar-refractivity contribution in [2.75, 3.05) is 0 Å². The van der Waals surface area contributed by atoms with E-state index in [2.05, 4.69) is 31.9 Å². The Morgan fingerprint density at radius 3 is 1.17 bits per heavy atom. The number of sulfone groups is 1. The summed E-state index contributed by atoms with van der Waals surface area (Å²) in [7, 11) is -4.12. The Morgan fingerprint density at radius 2 is 0.878 bits per heavy atom. The minimum atomic E-state index is -4.12. The SMILES string of the molecule is O=[N+]([O-])c1ccc(C(/C=C/c2ccc(Br)cc2)S(=O)(=O)C(/C=C/c2ccc(Br)cc2)c2ccc([N+](=O)[O-])cc2)cc1. The highest BCUT2D eigenvalue weighted by Gasteiger charge is 2.34. The van der Waals surface area contributed by atoms with Gasteiger partial charge in [-0.05, 0) is 46.5 Å². The summed E-state index contributed by atoms with van der Waals surface area (Å²) in [5, 5.41) is 20.1. The Labute approximate surface area is 253 Å². The van der Waals surface area contributed by atoms with Crippen molar-refractivity contribution < 1.29 is 18.3 Å². The second-order valence-corrected chi connectivity index (χ2v) is 13.0. The zero-order valence-corrected chi connectivity index (χ0v) is 25.2. The normalized spacial score (nSPS) is 13.3. The Kier molecular flexibility index (Phi) is 9.64. The summed E-state index contributed by atoms with van der Waals surface area (Å²) in [5.74, 6) is 0. The maximum absolute atomic E-state index is 14.4. The van der Waals surface area contributed by atoms with Gasteiger partial charge in [0.15, 0.2) is 9.84 Å². The third-order valence-electron chi connectivity index (χ3n) is 6.24. The molecular formula is C30H22Br2N2O6S. The Balaban J connectivity index is 1.84. The zero-order valence-electron chi connectivity index (χ0n) is 21.2. The first-order valence-corrected chi connectivity index (χ1v) is 15.3. The summed E-state index contributed by atoms with van der Waals surface area (Å²) in [6.45, 7) is 0. The number of nitro groups is 2. The number of hydrogen-bond acceptors (Lipinski definition) is 6. The van der Waals surface area contributed by atoms with Crippen molar-refractivity contribution >= 4 is 65.2 Å². The van der Waals surface area contributed by atoms with Crippen LogP contribution in [0.25, 0.3) is 12.2 Å². The van der Waals surface area contributed by atoms with Gasteiger partial charge < -0.3 is 0 Å². The van der Waals surface area contributed by atoms with E-state index in [1.54, 1.807) is 24.3 Å². The molecule has 0 bridgehead atoms. The van der Waals surface area contributed by atoms with Gasteiger partial charge >= 0.3 is 0 Å². The van der Waals surface area contributed by atoms with Crippen LogP contribution in [0.5, 0.6) is 0 Å². The molecule has 0 amide bonds. The maximum Gasteiger partial charge on any atom is 0.269 e. The predicted octanol–water partition coefficient (Wildman–Crippen LogP) is 8.65. The van der Waals surface area contributed by atoms with Gasteiger partial charge in [0.2, 0.25) is 0 Å². The molecule has 0 aliphatic heterocycles. The minimum absolute atomic E-state index is 0.163. The first-order chi connectivity index (χ1) is 19.5. The number of hydrogen-bond donors (Lipinski definition) is 0. The fraction of sp³-hybridized carbons (Fsp3) is 0.0667. The number of nitro benzene ring substituents is 2. The lowest BCUT2D eigenvalue weighted by atomic mass is 10.1. The summed E-state index contributed by atoms with van der Waals surface area (Å²) in [4.78, 5) is 21.4. The first kappa shape index (κ1) is 30.0. The lowest BCUT2D eigenvalue weighted by molar-refractivity contribution is -0.385. The standard InChI is InChI=1S/C30H22Br2N2O6S/c31-25-11-1-21(2-12-25)5-19-29(23-7-15-27(16-8-23)33(35)36)41(39,40)30(20-6-22-3-13-26(32)14-4-22)24-9-17-28(18-10-24)34(37)38/h1-20,29-30H/b19-5+,20-6+. The molecular weight excluding hydrogens is 676 g/mol.